The van der Waals surface area contributed by atoms with Gasteiger partial charge in [-0.05, 0) is 0 Å². The van der Waals surface area contributed by atoms with E-state index in [4.69, 9.17) is 0 Å². The van der Waals surface area contributed by atoms with Crippen LogP contribution < -0.4 is 9.46 Å². The van der Waals surface area contributed by atoms with Crippen LogP contribution in [0.1, 0.15) is 0 Å². The van der Waals surface area contributed by atoms with Crippen molar-refractivity contribution in [1.82, 2.24) is 0 Å². The second kappa shape index (κ2) is 4.49. The van der Waals surface area contributed by atoms with Crippen LogP contribution in [-0.2, 0) is 4.79 Å². The van der Waals surface area contributed by atoms with Crippen LogP contribution in [0.3, 0.4) is 0 Å². The van der Waals surface area contributed by atoms with Gasteiger partial charge in [-0.3, -0.25) is 0 Å². The molecule has 1 aromatic carbocycles. The third-order valence-corrected chi connectivity index (χ3v) is 12.7. The minimum atomic E-state index is -0.236. The van der Waals surface area contributed by atoms with E-state index in [2.05, 4.69) is 0 Å². The number of hydrogen-bond acceptors (Lipinski definition) is 4. The zero-order valence-electron chi connectivity index (χ0n) is 7.97. The third-order valence-electron chi connectivity index (χ3n) is 2.10. The summed E-state index contributed by atoms with van der Waals surface area (Å²) in [4.78, 5) is 12.4. The summed E-state index contributed by atoms with van der Waals surface area (Å²) in [6.45, 7) is 0. The average Bonchev–Trinajstić information content (AvgIpc) is 2.83. The van der Waals surface area contributed by atoms with E-state index < -0.39 is 0 Å². The van der Waals surface area contributed by atoms with Crippen LogP contribution in [0.4, 0.5) is 0 Å². The third kappa shape index (κ3) is 2.13. The van der Waals surface area contributed by atoms with Crippen molar-refractivity contribution in [2.24, 2.45) is 0 Å². The van der Waals surface area contributed by atoms with Crippen molar-refractivity contribution in [3.8, 4) is 5.75 Å². The van der Waals surface area contributed by atoms with Crippen LogP contribution >= 0.6 is 23.5 Å². The Labute approximate surface area is 114 Å². The van der Waals surface area contributed by atoms with Crippen molar-refractivity contribution in [2.45, 2.75) is 4.90 Å². The molecule has 80 valence electrons. The molecule has 6 heteroatoms. The molecule has 0 aromatic heterocycles. The molecule has 0 aliphatic carbocycles. The van der Waals surface area contributed by atoms with Gasteiger partial charge in [0.05, 0.1) is 0 Å². The topological polar surface area (TPSA) is 40.1 Å². The van der Waals surface area contributed by atoms with Gasteiger partial charge in [0.15, 0.2) is 0 Å². The van der Waals surface area contributed by atoms with Crippen LogP contribution in [0.2, 0.25) is 0 Å². The Morgan fingerprint density at radius 3 is 2.88 bits per heavy atom. The van der Waals surface area contributed by atoms with Gasteiger partial charge < -0.3 is 0 Å². The normalized spacial score (nSPS) is 20.4. The van der Waals surface area contributed by atoms with E-state index >= 15 is 0 Å². The van der Waals surface area contributed by atoms with E-state index in [1.165, 1.54) is 11.6 Å². The van der Waals surface area contributed by atoms with Gasteiger partial charge in [-0.1, -0.05) is 0 Å². The molecule has 16 heavy (non-hydrogen) atoms. The predicted molar refractivity (Wildman–Crippen MR) is 70.4 cm³/mol. The first-order chi connectivity index (χ1) is 7.72. The van der Waals surface area contributed by atoms with Crippen LogP contribution in [0.15, 0.2) is 23.1 Å². The molecule has 0 N–H and O–H groups in total. The molecule has 0 unspecified atom stereocenters. The number of benzene rings is 1. The Bertz CT molecular complexity index is 552. The van der Waals surface area contributed by atoms with Crippen LogP contribution in [0, 0.1) is 0 Å². The van der Waals surface area contributed by atoms with Gasteiger partial charge in [0, 0.05) is 0 Å². The monoisotopic (exact) mass is 371 g/mol. The summed E-state index contributed by atoms with van der Waals surface area (Å²) >= 11 is 3.22. The van der Waals surface area contributed by atoms with Crippen LogP contribution in [-0.4, -0.2) is 48.2 Å². The van der Waals surface area contributed by atoms with E-state index in [1.807, 2.05) is 6.07 Å². The fraction of sp³-hybridized carbons (Fsp3) is 0.100. The Hall–Kier alpha value is 0.247. The molecular formula is C10H5As2O2S2-. The number of fused-ring (bicyclic) bond motifs is 1. The summed E-state index contributed by atoms with van der Waals surface area (Å²) < 4.78 is 4.48. The fourth-order valence-electron chi connectivity index (χ4n) is 1.41. The van der Waals surface area contributed by atoms with Gasteiger partial charge in [0.1, 0.15) is 0 Å². The van der Waals surface area contributed by atoms with E-state index in [-0.39, 0.29) is 36.4 Å². The molecule has 0 spiro atoms. The van der Waals surface area contributed by atoms with Gasteiger partial charge in [-0.2, -0.15) is 0 Å². The Kier molecular flexibility index (Phi) is 3.18. The predicted octanol–water partition coefficient (Wildman–Crippen LogP) is -0.567. The van der Waals surface area contributed by atoms with Crippen molar-refractivity contribution in [1.29, 1.82) is 0 Å². The number of carbonyl (C=O) groups is 1. The van der Waals surface area contributed by atoms with Gasteiger partial charge in [0.25, 0.3) is 0 Å². The molecule has 1 aromatic rings. The quantitative estimate of drug-likeness (QED) is 0.621. The number of thioether (sulfide) groups is 2. The van der Waals surface area contributed by atoms with Crippen molar-refractivity contribution in [3.63, 3.8) is 0 Å². The number of rotatable bonds is 1. The molecule has 0 saturated heterocycles. The molecular weight excluding hydrogens is 366 g/mol. The summed E-state index contributed by atoms with van der Waals surface area (Å²) in [7, 11) is 0. The molecule has 2 aliphatic rings. The van der Waals surface area contributed by atoms with Crippen molar-refractivity contribution in [2.75, 3.05) is 5.75 Å². The second-order valence-corrected chi connectivity index (χ2v) is 11.5. The standard InChI is InChI=1S/C10H6As2O2S2/c13-5-1-2-6-7(3-5)16-10(11-6)9-12-8(14)4-15-9/h1-3,13H,4H2/p-1. The minimum absolute atomic E-state index is 0.0195. The molecule has 2 nitrogen and oxygen atoms in total. The first kappa shape index (κ1) is 11.3. The molecule has 0 radical (unpaired) electrons. The molecule has 2 aliphatic heterocycles. The molecule has 3 rings (SSSR count). The summed E-state index contributed by atoms with van der Waals surface area (Å²) in [6, 6.07) is 5.32. The zero-order chi connectivity index (χ0) is 11.1. The van der Waals surface area contributed by atoms with Crippen molar-refractivity contribution < 1.29 is 9.90 Å². The second-order valence-electron chi connectivity index (χ2n) is 3.25. The van der Waals surface area contributed by atoms with Gasteiger partial charge >= 0.3 is 115 Å². The first-order valence-corrected chi connectivity index (χ1v) is 10.1. The van der Waals surface area contributed by atoms with Crippen molar-refractivity contribution in [3.05, 3.63) is 18.2 Å². The Balaban J connectivity index is 1.94. The van der Waals surface area contributed by atoms with Crippen LogP contribution in [0.25, 0.3) is 0 Å². The van der Waals surface area contributed by atoms with E-state index in [9.17, 15) is 9.90 Å². The van der Waals surface area contributed by atoms with Gasteiger partial charge in [-0.15, -0.1) is 0 Å². The maximum absolute atomic E-state index is 11.3. The summed E-state index contributed by atoms with van der Waals surface area (Å²) in [5.74, 6) is 0.756. The molecule has 0 bridgehead atoms. The Morgan fingerprint density at radius 1 is 1.25 bits per heavy atom. The van der Waals surface area contributed by atoms with E-state index in [0.717, 1.165) is 4.90 Å². The molecule has 2 heterocycles. The number of hydrogen-bond donors (Lipinski definition) is 0. The Morgan fingerprint density at radius 2 is 2.12 bits per heavy atom. The first-order valence-electron chi connectivity index (χ1n) is 4.55. The molecule has 0 saturated carbocycles. The van der Waals surface area contributed by atoms with Crippen molar-refractivity contribution >= 4 is 70.3 Å². The molecule has 0 atom stereocenters. The zero-order valence-corrected chi connectivity index (χ0v) is 13.4. The van der Waals surface area contributed by atoms with E-state index in [1.54, 1.807) is 35.7 Å². The fourth-order valence-corrected chi connectivity index (χ4v) is 11.3. The molecule has 0 amide bonds. The summed E-state index contributed by atoms with van der Waals surface area (Å²) in [5.41, 5.74) is 0. The van der Waals surface area contributed by atoms with Gasteiger partial charge in [0.2, 0.25) is 0 Å². The van der Waals surface area contributed by atoms with Crippen LogP contribution in [0.5, 0.6) is 5.75 Å². The summed E-state index contributed by atoms with van der Waals surface area (Å²) in [5, 5.41) is 11.2. The molecule has 0 fully saturated rings. The number of carbonyl (C=O) groups excluding carboxylic acids is 1. The summed E-state index contributed by atoms with van der Waals surface area (Å²) in [6.07, 6.45) is 0. The average molecular weight is 371 g/mol. The SMILES string of the molecule is O=C1CSC(C2=[As]c3ccc([O-])cc3S2)=[As]1. The van der Waals surface area contributed by atoms with E-state index in [0.29, 0.717) is 10.3 Å². The van der Waals surface area contributed by atoms with Gasteiger partial charge in [-0.25, -0.2) is 0 Å². The maximum atomic E-state index is 11.3.